The van der Waals surface area contributed by atoms with E-state index in [0.717, 1.165) is 0 Å². The highest BCUT2D eigenvalue weighted by Gasteiger charge is 2.13. The van der Waals surface area contributed by atoms with Crippen molar-refractivity contribution in [1.82, 2.24) is 0 Å². The van der Waals surface area contributed by atoms with Gasteiger partial charge in [-0.25, -0.2) is 4.39 Å². The quantitative estimate of drug-likeness (QED) is 0.777. The van der Waals surface area contributed by atoms with Gasteiger partial charge in [0.2, 0.25) is 0 Å². The predicted octanol–water partition coefficient (Wildman–Crippen LogP) is 2.62. The van der Waals surface area contributed by atoms with Gasteiger partial charge < -0.3 is 4.74 Å². The molecule has 0 radical (unpaired) electrons. The fourth-order valence-corrected chi connectivity index (χ4v) is 1.35. The first-order valence-electron chi connectivity index (χ1n) is 4.06. The van der Waals surface area contributed by atoms with E-state index in [-0.39, 0.29) is 23.0 Å². The van der Waals surface area contributed by atoms with Crippen LogP contribution in [0.2, 0.25) is 5.02 Å². The van der Waals surface area contributed by atoms with E-state index in [4.69, 9.17) is 16.3 Å². The topological polar surface area (TPSA) is 26.3 Å². The minimum absolute atomic E-state index is 0.00541. The fourth-order valence-electron chi connectivity index (χ4n) is 1.20. The molecule has 1 rings (SSSR count). The van der Waals surface area contributed by atoms with Gasteiger partial charge in [-0.15, -0.1) is 0 Å². The minimum atomic E-state index is -0.618. The van der Waals surface area contributed by atoms with Crippen LogP contribution in [0.1, 0.15) is 12.5 Å². The lowest BCUT2D eigenvalue weighted by Gasteiger charge is -2.08. The standard InChI is InChI=1S/C10H10ClFO2/c1-6(13)5-7-3-4-8(11)9(12)10(7)14-2/h3-4H,5H2,1-2H3. The van der Waals surface area contributed by atoms with Gasteiger partial charge in [0.15, 0.2) is 11.6 Å². The number of rotatable bonds is 3. The van der Waals surface area contributed by atoms with Crippen LogP contribution in [0, 0.1) is 5.82 Å². The lowest BCUT2D eigenvalue weighted by atomic mass is 10.1. The van der Waals surface area contributed by atoms with Crippen molar-refractivity contribution in [2.45, 2.75) is 13.3 Å². The summed E-state index contributed by atoms with van der Waals surface area (Å²) < 4.78 is 18.2. The van der Waals surface area contributed by atoms with Gasteiger partial charge in [0.25, 0.3) is 0 Å². The molecule has 0 saturated heterocycles. The third-order valence-corrected chi connectivity index (χ3v) is 2.07. The highest BCUT2D eigenvalue weighted by Crippen LogP contribution is 2.28. The summed E-state index contributed by atoms with van der Waals surface area (Å²) in [5.41, 5.74) is 0.516. The Morgan fingerprint density at radius 1 is 1.57 bits per heavy atom. The molecule has 4 heteroatoms. The van der Waals surface area contributed by atoms with Crippen molar-refractivity contribution in [3.8, 4) is 5.75 Å². The molecule has 2 nitrogen and oxygen atoms in total. The first-order valence-corrected chi connectivity index (χ1v) is 4.44. The van der Waals surface area contributed by atoms with Crippen LogP contribution in [-0.2, 0) is 11.2 Å². The molecular formula is C10H10ClFO2. The van der Waals surface area contributed by atoms with E-state index in [1.807, 2.05) is 0 Å². The number of methoxy groups -OCH3 is 1. The summed E-state index contributed by atoms with van der Waals surface area (Å²) in [6.45, 7) is 1.44. The van der Waals surface area contributed by atoms with Crippen molar-refractivity contribution in [2.75, 3.05) is 7.11 Å². The highest BCUT2D eigenvalue weighted by atomic mass is 35.5. The Hall–Kier alpha value is -1.09. The molecule has 1 aromatic carbocycles. The van der Waals surface area contributed by atoms with Crippen molar-refractivity contribution in [1.29, 1.82) is 0 Å². The average Bonchev–Trinajstić information content (AvgIpc) is 2.11. The summed E-state index contributed by atoms with van der Waals surface area (Å²) in [6.07, 6.45) is 0.150. The zero-order valence-corrected chi connectivity index (χ0v) is 8.69. The molecule has 76 valence electrons. The predicted molar refractivity (Wildman–Crippen MR) is 52.3 cm³/mol. The lowest BCUT2D eigenvalue weighted by molar-refractivity contribution is -0.116. The van der Waals surface area contributed by atoms with Crippen LogP contribution in [0.5, 0.6) is 5.75 Å². The zero-order valence-electron chi connectivity index (χ0n) is 7.93. The summed E-state index contributed by atoms with van der Waals surface area (Å²) in [4.78, 5) is 10.9. The summed E-state index contributed by atoms with van der Waals surface area (Å²) >= 11 is 5.56. The molecule has 0 aliphatic rings. The lowest BCUT2D eigenvalue weighted by Crippen LogP contribution is -2.01. The zero-order chi connectivity index (χ0) is 10.7. The van der Waals surface area contributed by atoms with E-state index in [1.54, 1.807) is 6.07 Å². The molecule has 0 bridgehead atoms. The molecule has 1 aromatic rings. The van der Waals surface area contributed by atoms with Crippen LogP contribution in [-0.4, -0.2) is 12.9 Å². The van der Waals surface area contributed by atoms with Crippen molar-refractivity contribution < 1.29 is 13.9 Å². The summed E-state index contributed by atoms with van der Waals surface area (Å²) in [5.74, 6) is -0.620. The van der Waals surface area contributed by atoms with Gasteiger partial charge in [0.1, 0.15) is 5.78 Å². The SMILES string of the molecule is COc1c(CC(C)=O)ccc(Cl)c1F. The van der Waals surface area contributed by atoms with E-state index >= 15 is 0 Å². The molecule has 14 heavy (non-hydrogen) atoms. The van der Waals surface area contributed by atoms with E-state index in [2.05, 4.69) is 0 Å². The van der Waals surface area contributed by atoms with Crippen LogP contribution < -0.4 is 4.74 Å². The monoisotopic (exact) mass is 216 g/mol. The normalized spacial score (nSPS) is 10.0. The number of ketones is 1. The molecule has 0 aromatic heterocycles. The first kappa shape index (κ1) is 11.0. The Morgan fingerprint density at radius 3 is 2.71 bits per heavy atom. The molecule has 0 spiro atoms. The molecule has 0 aliphatic heterocycles. The number of halogens is 2. The Balaban J connectivity index is 3.17. The van der Waals surface area contributed by atoms with Gasteiger partial charge in [-0.3, -0.25) is 4.79 Å². The van der Waals surface area contributed by atoms with Gasteiger partial charge in [0, 0.05) is 12.0 Å². The number of carbonyl (C=O) groups is 1. The van der Waals surface area contributed by atoms with Crippen LogP contribution in [0.25, 0.3) is 0 Å². The van der Waals surface area contributed by atoms with Gasteiger partial charge in [-0.1, -0.05) is 17.7 Å². The van der Waals surface area contributed by atoms with Crippen LogP contribution in [0.4, 0.5) is 4.39 Å². The molecular weight excluding hydrogens is 207 g/mol. The number of carbonyl (C=O) groups excluding carboxylic acids is 1. The summed E-state index contributed by atoms with van der Waals surface area (Å²) in [7, 11) is 1.35. The number of hydrogen-bond donors (Lipinski definition) is 0. The third-order valence-electron chi connectivity index (χ3n) is 1.78. The van der Waals surface area contributed by atoms with Crippen molar-refractivity contribution in [3.05, 3.63) is 28.5 Å². The van der Waals surface area contributed by atoms with Gasteiger partial charge in [0.05, 0.1) is 12.1 Å². The maximum Gasteiger partial charge on any atom is 0.183 e. The first-order chi connectivity index (χ1) is 6.56. The van der Waals surface area contributed by atoms with E-state index in [1.165, 1.54) is 20.1 Å². The Kier molecular flexibility index (Phi) is 3.47. The van der Waals surface area contributed by atoms with E-state index in [0.29, 0.717) is 5.56 Å². The van der Waals surface area contributed by atoms with Crippen molar-refractivity contribution in [3.63, 3.8) is 0 Å². The molecule has 0 unspecified atom stereocenters. The van der Waals surface area contributed by atoms with Crippen molar-refractivity contribution in [2.24, 2.45) is 0 Å². The number of Topliss-reactive ketones (excluding diaryl/α,β-unsaturated/α-hetero) is 1. The Labute approximate surface area is 86.6 Å². The summed E-state index contributed by atoms with van der Waals surface area (Å²) in [6, 6.07) is 3.00. The Bertz CT molecular complexity index is 363. The second-order valence-electron chi connectivity index (χ2n) is 2.93. The van der Waals surface area contributed by atoms with Crippen LogP contribution in [0.15, 0.2) is 12.1 Å². The fraction of sp³-hybridized carbons (Fsp3) is 0.300. The van der Waals surface area contributed by atoms with Gasteiger partial charge >= 0.3 is 0 Å². The molecule has 0 fully saturated rings. The third kappa shape index (κ3) is 2.23. The number of ether oxygens (including phenoxy) is 1. The minimum Gasteiger partial charge on any atom is -0.493 e. The van der Waals surface area contributed by atoms with E-state index in [9.17, 15) is 9.18 Å². The summed E-state index contributed by atoms with van der Waals surface area (Å²) in [5, 5.41) is -0.00541. The molecule has 0 amide bonds. The average molecular weight is 217 g/mol. The molecule has 0 aliphatic carbocycles. The van der Waals surface area contributed by atoms with Crippen LogP contribution >= 0.6 is 11.6 Å². The highest BCUT2D eigenvalue weighted by molar-refractivity contribution is 6.30. The molecule has 0 N–H and O–H groups in total. The number of hydrogen-bond acceptors (Lipinski definition) is 2. The second-order valence-corrected chi connectivity index (χ2v) is 3.34. The smallest absolute Gasteiger partial charge is 0.183 e. The number of benzene rings is 1. The molecule has 0 saturated carbocycles. The van der Waals surface area contributed by atoms with Crippen LogP contribution in [0.3, 0.4) is 0 Å². The largest absolute Gasteiger partial charge is 0.493 e. The van der Waals surface area contributed by atoms with Crippen molar-refractivity contribution >= 4 is 17.4 Å². The van der Waals surface area contributed by atoms with Gasteiger partial charge in [-0.2, -0.15) is 0 Å². The molecule has 0 atom stereocenters. The maximum absolute atomic E-state index is 13.3. The maximum atomic E-state index is 13.3. The van der Waals surface area contributed by atoms with E-state index < -0.39 is 5.82 Å². The second kappa shape index (κ2) is 4.42. The Morgan fingerprint density at radius 2 is 2.21 bits per heavy atom. The molecule has 0 heterocycles. The van der Waals surface area contributed by atoms with Gasteiger partial charge in [-0.05, 0) is 13.0 Å².